The number of methoxy groups -OCH3 is 1. The summed E-state index contributed by atoms with van der Waals surface area (Å²) in [5.74, 6) is 2.37. The Morgan fingerprint density at radius 2 is 1.92 bits per heavy atom. The monoisotopic (exact) mass is 503 g/mol. The summed E-state index contributed by atoms with van der Waals surface area (Å²) in [6, 6.07) is 14.5. The van der Waals surface area contributed by atoms with Crippen molar-refractivity contribution in [3.63, 3.8) is 0 Å². The molecule has 0 unspecified atom stereocenters. The second-order valence-corrected chi connectivity index (χ2v) is 8.34. The zero-order chi connectivity index (χ0) is 26.4. The summed E-state index contributed by atoms with van der Waals surface area (Å²) in [6.45, 7) is 3.67. The first-order valence-corrected chi connectivity index (χ1v) is 11.7. The van der Waals surface area contributed by atoms with E-state index in [1.807, 2.05) is 31.2 Å². The Kier molecular flexibility index (Phi) is 7.99. The minimum absolute atomic E-state index is 0.125. The van der Waals surface area contributed by atoms with Crippen LogP contribution in [0.2, 0.25) is 0 Å². The summed E-state index contributed by atoms with van der Waals surface area (Å²) in [7, 11) is 3.19. The second-order valence-electron chi connectivity index (χ2n) is 8.34. The zero-order valence-corrected chi connectivity index (χ0v) is 21.1. The molecule has 37 heavy (non-hydrogen) atoms. The number of aliphatic hydroxyl groups is 1. The number of rotatable bonds is 10. The Hall–Kier alpha value is -4.44. The van der Waals surface area contributed by atoms with Crippen molar-refractivity contribution in [1.82, 2.24) is 19.9 Å². The number of hydrogen-bond donors (Lipinski definition) is 2. The van der Waals surface area contributed by atoms with Crippen LogP contribution in [0.4, 0.5) is 11.5 Å². The van der Waals surface area contributed by atoms with Gasteiger partial charge in [0.2, 0.25) is 0 Å². The number of nitrogens with zero attached hydrogens (tertiary/aromatic N) is 4. The van der Waals surface area contributed by atoms with Crippen molar-refractivity contribution in [3.8, 4) is 23.0 Å². The number of aliphatic hydroxyl groups excluding tert-OH is 1. The molecule has 0 aliphatic carbocycles. The highest BCUT2D eigenvalue weighted by molar-refractivity contribution is 5.96. The third-order valence-electron chi connectivity index (χ3n) is 5.63. The van der Waals surface area contributed by atoms with E-state index in [0.29, 0.717) is 45.4 Å². The Balaban J connectivity index is 1.61. The summed E-state index contributed by atoms with van der Waals surface area (Å²) in [5.41, 5.74) is 2.25. The van der Waals surface area contributed by atoms with Crippen molar-refractivity contribution in [2.45, 2.75) is 20.0 Å². The van der Waals surface area contributed by atoms with E-state index in [1.54, 1.807) is 51.5 Å². The summed E-state index contributed by atoms with van der Waals surface area (Å²) >= 11 is 0. The molecule has 1 amide bonds. The summed E-state index contributed by atoms with van der Waals surface area (Å²) in [4.78, 5) is 27.1. The maximum atomic E-state index is 12.6. The Morgan fingerprint density at radius 1 is 1.08 bits per heavy atom. The summed E-state index contributed by atoms with van der Waals surface area (Å²) < 4.78 is 17.5. The van der Waals surface area contributed by atoms with Crippen LogP contribution >= 0.6 is 0 Å². The average molecular weight is 504 g/mol. The van der Waals surface area contributed by atoms with Gasteiger partial charge in [0.15, 0.2) is 17.6 Å². The molecule has 0 saturated heterocycles. The number of amides is 1. The smallest absolute Gasteiger partial charge is 0.263 e. The van der Waals surface area contributed by atoms with E-state index in [1.165, 1.54) is 11.2 Å². The van der Waals surface area contributed by atoms with Gasteiger partial charge in [-0.25, -0.2) is 9.97 Å². The highest BCUT2D eigenvalue weighted by atomic mass is 16.5. The van der Waals surface area contributed by atoms with Crippen molar-refractivity contribution in [2.75, 3.05) is 32.6 Å². The number of nitrogens with one attached hydrogen (secondary N) is 1. The Bertz CT molecular complexity index is 1370. The molecule has 4 aromatic rings. The fourth-order valence-electron chi connectivity index (χ4n) is 3.69. The van der Waals surface area contributed by atoms with E-state index < -0.39 is 6.10 Å². The molecule has 1 atom stereocenters. The molecule has 0 aliphatic rings. The van der Waals surface area contributed by atoms with Crippen molar-refractivity contribution >= 4 is 28.3 Å². The molecule has 2 aromatic carbocycles. The van der Waals surface area contributed by atoms with Gasteiger partial charge in [0.05, 0.1) is 30.8 Å². The topological polar surface area (TPSA) is 119 Å². The predicted molar refractivity (Wildman–Crippen MR) is 140 cm³/mol. The lowest BCUT2D eigenvalue weighted by Gasteiger charge is -2.22. The van der Waals surface area contributed by atoms with E-state index in [0.717, 1.165) is 5.69 Å². The lowest BCUT2D eigenvalue weighted by Crippen LogP contribution is -2.39. The average Bonchev–Trinajstić information content (AvgIpc) is 2.90. The van der Waals surface area contributed by atoms with Crippen LogP contribution in [0.5, 0.6) is 23.0 Å². The molecule has 0 spiro atoms. The molecule has 0 radical (unpaired) electrons. The number of aryl methyl sites for hydroxylation is 1. The van der Waals surface area contributed by atoms with Crippen molar-refractivity contribution < 1.29 is 24.1 Å². The number of carbonyl (C=O) groups excluding carboxylic acids is 1. The van der Waals surface area contributed by atoms with Gasteiger partial charge < -0.3 is 29.5 Å². The van der Waals surface area contributed by atoms with Crippen LogP contribution in [0.15, 0.2) is 61.1 Å². The minimum atomic E-state index is -0.775. The third-order valence-corrected chi connectivity index (χ3v) is 5.63. The van der Waals surface area contributed by atoms with Crippen molar-refractivity contribution in [1.29, 1.82) is 0 Å². The van der Waals surface area contributed by atoms with Crippen LogP contribution in [-0.4, -0.2) is 64.3 Å². The largest absolute Gasteiger partial charge is 0.493 e. The first-order chi connectivity index (χ1) is 17.9. The predicted octanol–water partition coefficient (Wildman–Crippen LogP) is 4.10. The van der Waals surface area contributed by atoms with Crippen LogP contribution in [0.25, 0.3) is 10.9 Å². The molecule has 10 nitrogen and oxygen atoms in total. The minimum Gasteiger partial charge on any atom is -0.493 e. The van der Waals surface area contributed by atoms with Crippen molar-refractivity contribution in [3.05, 3.63) is 66.7 Å². The maximum Gasteiger partial charge on any atom is 0.263 e. The summed E-state index contributed by atoms with van der Waals surface area (Å²) in [6.07, 6.45) is 2.34. The van der Waals surface area contributed by atoms with Crippen LogP contribution in [0.3, 0.4) is 0 Å². The number of ether oxygens (including phenoxy) is 3. The number of likely N-dealkylation sites (N-methyl/N-ethyl adjacent to an activating group) is 1. The molecule has 2 N–H and O–H groups in total. The molecule has 0 bridgehead atoms. The van der Waals surface area contributed by atoms with E-state index in [9.17, 15) is 4.79 Å². The van der Waals surface area contributed by atoms with Crippen molar-refractivity contribution in [2.24, 2.45) is 0 Å². The van der Waals surface area contributed by atoms with Crippen LogP contribution in [0, 0.1) is 6.92 Å². The SMILES string of the molecule is COc1cc(Nc2ncnc3cccc(O[C@H](C)C(=O)N(C)CCO)c23)ccc1Oc1ccc(C)nc1. The molecular formula is C27H29N5O5. The molecule has 10 heteroatoms. The normalized spacial score (nSPS) is 11.6. The van der Waals surface area contributed by atoms with Gasteiger partial charge in [0.1, 0.15) is 23.6 Å². The van der Waals surface area contributed by atoms with E-state index in [-0.39, 0.29) is 19.1 Å². The Labute approximate surface area is 214 Å². The quantitative estimate of drug-likeness (QED) is 0.330. The van der Waals surface area contributed by atoms with Gasteiger partial charge in [-0.15, -0.1) is 0 Å². The number of anilines is 2. The molecule has 4 rings (SSSR count). The molecule has 0 saturated carbocycles. The van der Waals surface area contributed by atoms with Gasteiger partial charge in [-0.1, -0.05) is 6.07 Å². The van der Waals surface area contributed by atoms with E-state index in [4.69, 9.17) is 19.3 Å². The standard InChI is InChI=1S/C27H29N5O5/c1-17-8-10-20(15-28-17)37-22-11-9-19(14-24(22)35-4)31-26-25-21(29-16-30-26)6-5-7-23(25)36-18(2)27(34)32(3)12-13-33/h5-11,14-16,18,33H,12-13H2,1-4H3,(H,29,30,31)/t18-/m1/s1. The molecule has 192 valence electrons. The van der Waals surface area contributed by atoms with Gasteiger partial charge >= 0.3 is 0 Å². The first kappa shape index (κ1) is 25.6. The number of hydrogen-bond acceptors (Lipinski definition) is 9. The highest BCUT2D eigenvalue weighted by Crippen LogP contribution is 2.36. The highest BCUT2D eigenvalue weighted by Gasteiger charge is 2.21. The number of fused-ring (bicyclic) bond motifs is 1. The van der Waals surface area contributed by atoms with Gasteiger partial charge in [-0.3, -0.25) is 9.78 Å². The number of pyridine rings is 1. The fourth-order valence-corrected chi connectivity index (χ4v) is 3.69. The van der Waals surface area contributed by atoms with Gasteiger partial charge in [0, 0.05) is 31.0 Å². The first-order valence-electron chi connectivity index (χ1n) is 11.7. The molecular weight excluding hydrogens is 474 g/mol. The zero-order valence-electron chi connectivity index (χ0n) is 21.1. The van der Waals surface area contributed by atoms with Crippen LogP contribution in [-0.2, 0) is 4.79 Å². The third kappa shape index (κ3) is 6.04. The second kappa shape index (κ2) is 11.5. The fraction of sp³-hybridized carbons (Fsp3) is 0.259. The maximum absolute atomic E-state index is 12.6. The number of aromatic nitrogens is 3. The van der Waals surface area contributed by atoms with Crippen LogP contribution in [0.1, 0.15) is 12.6 Å². The van der Waals surface area contributed by atoms with Gasteiger partial charge in [-0.2, -0.15) is 0 Å². The molecule has 2 aromatic heterocycles. The molecule has 0 fully saturated rings. The van der Waals surface area contributed by atoms with E-state index in [2.05, 4.69) is 20.3 Å². The summed E-state index contributed by atoms with van der Waals surface area (Å²) in [5, 5.41) is 13.1. The van der Waals surface area contributed by atoms with Gasteiger partial charge in [-0.05, 0) is 50.2 Å². The lowest BCUT2D eigenvalue weighted by molar-refractivity contribution is -0.136. The number of benzene rings is 2. The van der Waals surface area contributed by atoms with E-state index >= 15 is 0 Å². The molecule has 0 aliphatic heterocycles. The van der Waals surface area contributed by atoms with Crippen LogP contribution < -0.4 is 19.5 Å². The van der Waals surface area contributed by atoms with Gasteiger partial charge in [0.25, 0.3) is 5.91 Å². The lowest BCUT2D eigenvalue weighted by atomic mass is 10.2. The molecule has 2 heterocycles. The number of carbonyl (C=O) groups is 1. The Morgan fingerprint density at radius 3 is 2.65 bits per heavy atom.